The van der Waals surface area contributed by atoms with E-state index in [9.17, 15) is 0 Å². The van der Waals surface area contributed by atoms with Crippen LogP contribution in [0.4, 0.5) is 5.95 Å². The molecule has 0 spiro atoms. The van der Waals surface area contributed by atoms with E-state index in [-0.39, 0.29) is 0 Å². The first kappa shape index (κ1) is 12.7. The molecule has 2 rings (SSSR count). The second-order valence-corrected chi connectivity index (χ2v) is 4.55. The van der Waals surface area contributed by atoms with Crippen molar-refractivity contribution in [2.75, 3.05) is 12.8 Å². The summed E-state index contributed by atoms with van der Waals surface area (Å²) in [6.45, 7) is 4.39. The average Bonchev–Trinajstić information content (AvgIpc) is 2.71. The van der Waals surface area contributed by atoms with Crippen LogP contribution in [-0.2, 0) is 0 Å². The van der Waals surface area contributed by atoms with Crippen molar-refractivity contribution in [1.29, 1.82) is 0 Å². The molecule has 1 unspecified atom stereocenters. The molecule has 0 bridgehead atoms. The van der Waals surface area contributed by atoms with Crippen molar-refractivity contribution >= 4 is 17.0 Å². The van der Waals surface area contributed by atoms with Gasteiger partial charge in [0, 0.05) is 12.1 Å². The number of aromatic nitrogens is 2. The quantitative estimate of drug-likeness (QED) is 0.881. The molecule has 0 aliphatic heterocycles. The molecule has 2 N–H and O–H groups in total. The van der Waals surface area contributed by atoms with Gasteiger partial charge in [-0.05, 0) is 25.0 Å². The van der Waals surface area contributed by atoms with Gasteiger partial charge in [-0.3, -0.25) is 0 Å². The second kappa shape index (κ2) is 5.29. The highest BCUT2D eigenvalue weighted by atomic mass is 16.5. The summed E-state index contributed by atoms with van der Waals surface area (Å²) in [5.74, 6) is 1.41. The fourth-order valence-electron chi connectivity index (χ4n) is 2.46. The number of methoxy groups -OCH3 is 1. The van der Waals surface area contributed by atoms with Crippen LogP contribution >= 0.6 is 0 Å². The van der Waals surface area contributed by atoms with Gasteiger partial charge in [0.25, 0.3) is 0 Å². The van der Waals surface area contributed by atoms with E-state index in [1.165, 1.54) is 0 Å². The Morgan fingerprint density at radius 2 is 2.17 bits per heavy atom. The normalized spacial score (nSPS) is 12.8. The van der Waals surface area contributed by atoms with Crippen LogP contribution in [0.2, 0.25) is 0 Å². The van der Waals surface area contributed by atoms with Gasteiger partial charge in [-0.15, -0.1) is 0 Å². The van der Waals surface area contributed by atoms with E-state index in [0.29, 0.717) is 12.0 Å². The van der Waals surface area contributed by atoms with Crippen molar-refractivity contribution in [3.05, 3.63) is 18.2 Å². The predicted octanol–water partition coefficient (Wildman–Crippen LogP) is 3.38. The molecule has 0 aliphatic carbocycles. The number of imidazole rings is 1. The van der Waals surface area contributed by atoms with Crippen molar-refractivity contribution < 1.29 is 4.74 Å². The monoisotopic (exact) mass is 247 g/mol. The summed E-state index contributed by atoms with van der Waals surface area (Å²) in [6, 6.07) is 6.35. The number of hydrogen-bond donors (Lipinski definition) is 1. The van der Waals surface area contributed by atoms with Gasteiger partial charge in [0.1, 0.15) is 5.75 Å². The number of ether oxygens (including phenoxy) is 1. The summed E-state index contributed by atoms with van der Waals surface area (Å²) in [5, 5.41) is 0. The van der Waals surface area contributed by atoms with Crippen molar-refractivity contribution in [2.45, 2.75) is 39.2 Å². The molecule has 0 fully saturated rings. The summed E-state index contributed by atoms with van der Waals surface area (Å²) in [4.78, 5) is 4.43. The molecule has 4 heteroatoms. The Balaban J connectivity index is 2.52. The molecule has 0 amide bonds. The fraction of sp³-hybridized carbons (Fsp3) is 0.500. The standard InChI is InChI=1S/C14H21N3O/c1-4-6-10(5-2)17-13-8-7-11(18-3)9-12(13)16-14(17)15/h7-10H,4-6H2,1-3H3,(H2,15,16). The first-order chi connectivity index (χ1) is 8.71. The summed E-state index contributed by atoms with van der Waals surface area (Å²) in [5.41, 5.74) is 8.06. The van der Waals surface area contributed by atoms with E-state index in [0.717, 1.165) is 36.0 Å². The van der Waals surface area contributed by atoms with E-state index in [1.54, 1.807) is 7.11 Å². The topological polar surface area (TPSA) is 53.1 Å². The minimum Gasteiger partial charge on any atom is -0.497 e. The van der Waals surface area contributed by atoms with E-state index in [2.05, 4.69) is 23.4 Å². The average molecular weight is 247 g/mol. The summed E-state index contributed by atoms with van der Waals surface area (Å²) >= 11 is 0. The number of benzene rings is 1. The minimum absolute atomic E-state index is 0.424. The Bertz CT molecular complexity index is 533. The highest BCUT2D eigenvalue weighted by Crippen LogP contribution is 2.29. The van der Waals surface area contributed by atoms with Crippen LogP contribution in [0.15, 0.2) is 18.2 Å². The SMILES string of the molecule is CCCC(CC)n1c(N)nc2cc(OC)ccc21. The maximum Gasteiger partial charge on any atom is 0.201 e. The Labute approximate surface area is 108 Å². The van der Waals surface area contributed by atoms with Gasteiger partial charge in [0.15, 0.2) is 0 Å². The Morgan fingerprint density at radius 1 is 1.39 bits per heavy atom. The van der Waals surface area contributed by atoms with Gasteiger partial charge in [-0.2, -0.15) is 0 Å². The maximum absolute atomic E-state index is 6.06. The molecule has 1 aromatic heterocycles. The summed E-state index contributed by atoms with van der Waals surface area (Å²) in [6.07, 6.45) is 3.33. The molecular weight excluding hydrogens is 226 g/mol. The summed E-state index contributed by atoms with van der Waals surface area (Å²) in [7, 11) is 1.66. The van der Waals surface area contributed by atoms with E-state index >= 15 is 0 Å². The van der Waals surface area contributed by atoms with Gasteiger partial charge in [-0.1, -0.05) is 20.3 Å². The van der Waals surface area contributed by atoms with Crippen LogP contribution in [0.3, 0.4) is 0 Å². The lowest BCUT2D eigenvalue weighted by Crippen LogP contribution is -2.11. The Hall–Kier alpha value is -1.71. The van der Waals surface area contributed by atoms with Crippen molar-refractivity contribution in [3.63, 3.8) is 0 Å². The molecule has 1 aromatic carbocycles. The number of hydrogen-bond acceptors (Lipinski definition) is 3. The molecule has 1 heterocycles. The van der Waals surface area contributed by atoms with Gasteiger partial charge >= 0.3 is 0 Å². The van der Waals surface area contributed by atoms with E-state index < -0.39 is 0 Å². The molecule has 0 saturated carbocycles. The minimum atomic E-state index is 0.424. The number of rotatable bonds is 5. The van der Waals surface area contributed by atoms with Crippen LogP contribution in [-0.4, -0.2) is 16.7 Å². The Kier molecular flexibility index (Phi) is 3.75. The lowest BCUT2D eigenvalue weighted by Gasteiger charge is -2.18. The van der Waals surface area contributed by atoms with E-state index in [4.69, 9.17) is 10.5 Å². The maximum atomic E-state index is 6.06. The number of fused-ring (bicyclic) bond motifs is 1. The molecule has 18 heavy (non-hydrogen) atoms. The number of anilines is 1. The fourth-order valence-corrected chi connectivity index (χ4v) is 2.46. The third-order valence-electron chi connectivity index (χ3n) is 3.38. The first-order valence-corrected chi connectivity index (χ1v) is 6.52. The van der Waals surface area contributed by atoms with Crippen LogP contribution in [0.5, 0.6) is 5.75 Å². The molecular formula is C14H21N3O. The largest absolute Gasteiger partial charge is 0.497 e. The molecule has 0 radical (unpaired) electrons. The van der Waals surface area contributed by atoms with Gasteiger partial charge in [0.05, 0.1) is 18.1 Å². The highest BCUT2D eigenvalue weighted by Gasteiger charge is 2.15. The predicted molar refractivity (Wildman–Crippen MR) is 74.9 cm³/mol. The molecule has 4 nitrogen and oxygen atoms in total. The van der Waals surface area contributed by atoms with Crippen LogP contribution in [0.25, 0.3) is 11.0 Å². The third-order valence-corrected chi connectivity index (χ3v) is 3.38. The number of nitrogens with two attached hydrogens (primary N) is 1. The lowest BCUT2D eigenvalue weighted by atomic mass is 10.1. The van der Waals surface area contributed by atoms with E-state index in [1.807, 2.05) is 18.2 Å². The molecule has 2 aromatic rings. The number of nitrogen functional groups attached to an aromatic ring is 1. The zero-order valence-electron chi connectivity index (χ0n) is 11.3. The van der Waals surface area contributed by atoms with Gasteiger partial charge in [0.2, 0.25) is 5.95 Å². The van der Waals surface area contributed by atoms with Crippen molar-refractivity contribution in [3.8, 4) is 5.75 Å². The zero-order chi connectivity index (χ0) is 13.1. The highest BCUT2D eigenvalue weighted by molar-refractivity contribution is 5.80. The van der Waals surface area contributed by atoms with Gasteiger partial charge in [-0.25, -0.2) is 4.98 Å². The van der Waals surface area contributed by atoms with Crippen molar-refractivity contribution in [1.82, 2.24) is 9.55 Å². The third kappa shape index (κ3) is 2.15. The Morgan fingerprint density at radius 3 is 2.78 bits per heavy atom. The summed E-state index contributed by atoms with van der Waals surface area (Å²) < 4.78 is 7.37. The van der Waals surface area contributed by atoms with Gasteiger partial charge < -0.3 is 15.0 Å². The molecule has 98 valence electrons. The smallest absolute Gasteiger partial charge is 0.201 e. The molecule has 0 saturated heterocycles. The lowest BCUT2D eigenvalue weighted by molar-refractivity contribution is 0.415. The van der Waals surface area contributed by atoms with Crippen molar-refractivity contribution in [2.24, 2.45) is 0 Å². The van der Waals surface area contributed by atoms with Crippen LogP contribution < -0.4 is 10.5 Å². The molecule has 1 atom stereocenters. The van der Waals surface area contributed by atoms with Crippen LogP contribution in [0, 0.1) is 0 Å². The van der Waals surface area contributed by atoms with Crippen LogP contribution in [0.1, 0.15) is 39.2 Å². The molecule has 0 aliphatic rings. The zero-order valence-corrected chi connectivity index (χ0v) is 11.3. The second-order valence-electron chi connectivity index (χ2n) is 4.55. The first-order valence-electron chi connectivity index (χ1n) is 6.52. The number of nitrogens with zero attached hydrogens (tertiary/aromatic N) is 2.